The van der Waals surface area contributed by atoms with Crippen molar-refractivity contribution in [2.45, 2.75) is 24.3 Å². The molecular weight excluding hydrogens is 432 g/mol. The third-order valence-corrected chi connectivity index (χ3v) is 5.66. The van der Waals surface area contributed by atoms with Gasteiger partial charge in [0, 0.05) is 20.0 Å². The van der Waals surface area contributed by atoms with Gasteiger partial charge in [0.05, 0.1) is 11.5 Å². The van der Waals surface area contributed by atoms with Crippen molar-refractivity contribution in [1.29, 1.82) is 0 Å². The number of sulfonamides is 1. The molecule has 1 unspecified atom stereocenters. The van der Waals surface area contributed by atoms with Gasteiger partial charge in [0.2, 0.25) is 21.8 Å². The van der Waals surface area contributed by atoms with Crippen LogP contribution in [0, 0.1) is 11.6 Å². The minimum Gasteiger partial charge on any atom is -0.494 e. The first-order valence-corrected chi connectivity index (χ1v) is 10.8. The first kappa shape index (κ1) is 24.2. The van der Waals surface area contributed by atoms with E-state index in [2.05, 4.69) is 15.4 Å². The van der Waals surface area contributed by atoms with Crippen LogP contribution in [0.5, 0.6) is 5.75 Å². The molecule has 0 fully saturated rings. The van der Waals surface area contributed by atoms with Crippen molar-refractivity contribution in [1.82, 2.24) is 15.4 Å². The minimum absolute atomic E-state index is 0.00128. The Kier molecular flexibility index (Phi) is 8.46. The number of hydrogen-bond acceptors (Lipinski definition) is 5. The zero-order chi connectivity index (χ0) is 23.0. The second-order valence-corrected chi connectivity index (χ2v) is 8.11. The molecule has 2 rings (SSSR count). The largest absolute Gasteiger partial charge is 0.494 e. The van der Waals surface area contributed by atoms with E-state index < -0.39 is 39.5 Å². The van der Waals surface area contributed by atoms with Gasteiger partial charge in [-0.3, -0.25) is 9.59 Å². The summed E-state index contributed by atoms with van der Waals surface area (Å²) in [6, 6.07) is 7.34. The maximum absolute atomic E-state index is 13.5. The van der Waals surface area contributed by atoms with E-state index in [9.17, 15) is 26.8 Å². The molecule has 0 heterocycles. The predicted octanol–water partition coefficient (Wildman–Crippen LogP) is 1.64. The van der Waals surface area contributed by atoms with E-state index >= 15 is 0 Å². The number of nitrogens with one attached hydrogen (secondary N) is 3. The van der Waals surface area contributed by atoms with Gasteiger partial charge in [-0.05, 0) is 48.9 Å². The zero-order valence-corrected chi connectivity index (χ0v) is 17.8. The third kappa shape index (κ3) is 6.72. The molecule has 0 bridgehead atoms. The number of hydrogen-bond donors (Lipinski definition) is 3. The molecule has 2 aromatic carbocycles. The highest BCUT2D eigenvalue weighted by atomic mass is 32.2. The van der Waals surface area contributed by atoms with Gasteiger partial charge in [0.25, 0.3) is 0 Å². The summed E-state index contributed by atoms with van der Waals surface area (Å²) in [5.74, 6) is -3.03. The normalized spacial score (nSPS) is 12.1. The molecule has 8 nitrogen and oxygen atoms in total. The minimum atomic E-state index is -3.86. The van der Waals surface area contributed by atoms with Crippen molar-refractivity contribution >= 4 is 21.8 Å². The monoisotopic (exact) mass is 455 g/mol. The van der Waals surface area contributed by atoms with Gasteiger partial charge in [0.1, 0.15) is 11.8 Å². The maximum Gasteiger partial charge on any atom is 0.246 e. The van der Waals surface area contributed by atoms with Crippen molar-refractivity contribution < 1.29 is 31.5 Å². The number of likely N-dealkylation sites (N-methyl/N-ethyl adjacent to an activating group) is 1. The molecule has 0 saturated carbocycles. The number of amides is 2. The number of carbonyl (C=O) groups excluding carboxylic acids is 2. The topological polar surface area (TPSA) is 114 Å². The van der Waals surface area contributed by atoms with E-state index in [1.165, 1.54) is 37.4 Å². The van der Waals surface area contributed by atoms with Crippen molar-refractivity contribution in [3.05, 3.63) is 59.7 Å². The van der Waals surface area contributed by atoms with E-state index in [-0.39, 0.29) is 23.4 Å². The van der Waals surface area contributed by atoms with Crippen LogP contribution in [0.3, 0.4) is 0 Å². The molecule has 0 aliphatic heterocycles. The second-order valence-electron chi connectivity index (χ2n) is 6.34. The second kappa shape index (κ2) is 10.8. The quantitative estimate of drug-likeness (QED) is 0.504. The first-order valence-electron chi connectivity index (χ1n) is 9.36. The Bertz CT molecular complexity index is 1030. The van der Waals surface area contributed by atoms with Crippen LogP contribution in [0.4, 0.5) is 8.78 Å². The Morgan fingerprint density at radius 1 is 1.06 bits per heavy atom. The first-order chi connectivity index (χ1) is 14.7. The van der Waals surface area contributed by atoms with Gasteiger partial charge < -0.3 is 15.4 Å². The Labute approximate surface area is 179 Å². The standard InChI is InChI=1S/C20H23F2N3O5S/c1-3-30-14-5-7-15(8-6-14)31(28,29)24-11-10-18(26)25-19(20(27)23-2)13-4-9-16(21)17(22)12-13/h4-9,12,19,24H,3,10-11H2,1-2H3,(H,23,27)(H,25,26). The molecule has 0 spiro atoms. The van der Waals surface area contributed by atoms with E-state index in [1.54, 1.807) is 6.92 Å². The lowest BCUT2D eigenvalue weighted by atomic mass is 10.1. The van der Waals surface area contributed by atoms with Crippen molar-refractivity contribution in [3.63, 3.8) is 0 Å². The van der Waals surface area contributed by atoms with Crippen LogP contribution in [0.15, 0.2) is 47.4 Å². The van der Waals surface area contributed by atoms with Gasteiger partial charge in [-0.1, -0.05) is 6.07 Å². The van der Waals surface area contributed by atoms with E-state index in [4.69, 9.17) is 4.74 Å². The van der Waals surface area contributed by atoms with E-state index in [0.29, 0.717) is 12.4 Å². The summed E-state index contributed by atoms with van der Waals surface area (Å²) in [7, 11) is -2.53. The number of carbonyl (C=O) groups is 2. The molecule has 0 aromatic heterocycles. The smallest absolute Gasteiger partial charge is 0.246 e. The van der Waals surface area contributed by atoms with Crippen LogP contribution in [-0.4, -0.2) is 40.4 Å². The highest BCUT2D eigenvalue weighted by Gasteiger charge is 2.23. The van der Waals surface area contributed by atoms with Crippen molar-refractivity contribution in [3.8, 4) is 5.75 Å². The maximum atomic E-state index is 13.5. The molecule has 168 valence electrons. The lowest BCUT2D eigenvalue weighted by molar-refractivity contribution is -0.128. The van der Waals surface area contributed by atoms with Crippen LogP contribution in [0.2, 0.25) is 0 Å². The van der Waals surface area contributed by atoms with Gasteiger partial charge in [-0.2, -0.15) is 0 Å². The molecule has 2 amide bonds. The Morgan fingerprint density at radius 2 is 1.74 bits per heavy atom. The molecule has 0 radical (unpaired) electrons. The SMILES string of the molecule is CCOc1ccc(S(=O)(=O)NCCC(=O)NC(C(=O)NC)c2ccc(F)c(F)c2)cc1. The van der Waals surface area contributed by atoms with Gasteiger partial charge in [0.15, 0.2) is 11.6 Å². The van der Waals surface area contributed by atoms with Gasteiger partial charge in [-0.25, -0.2) is 21.9 Å². The molecule has 3 N–H and O–H groups in total. The summed E-state index contributed by atoms with van der Waals surface area (Å²) < 4.78 is 58.9. The van der Waals surface area contributed by atoms with Crippen molar-refractivity contribution in [2.24, 2.45) is 0 Å². The third-order valence-electron chi connectivity index (χ3n) is 4.18. The van der Waals surface area contributed by atoms with Crippen molar-refractivity contribution in [2.75, 3.05) is 20.2 Å². The van der Waals surface area contributed by atoms with Gasteiger partial charge in [-0.15, -0.1) is 0 Å². The molecular formula is C20H23F2N3O5S. The molecule has 31 heavy (non-hydrogen) atoms. The fraction of sp³-hybridized carbons (Fsp3) is 0.300. The number of benzene rings is 2. The number of halogens is 2. The Morgan fingerprint density at radius 3 is 2.32 bits per heavy atom. The lowest BCUT2D eigenvalue weighted by Gasteiger charge is -2.18. The molecule has 0 saturated heterocycles. The predicted molar refractivity (Wildman–Crippen MR) is 109 cm³/mol. The number of rotatable bonds is 10. The summed E-state index contributed by atoms with van der Waals surface area (Å²) >= 11 is 0. The van der Waals surface area contributed by atoms with Crippen LogP contribution >= 0.6 is 0 Å². The van der Waals surface area contributed by atoms with Crippen LogP contribution in [-0.2, 0) is 19.6 Å². The Hall–Kier alpha value is -3.05. The molecule has 0 aliphatic rings. The lowest BCUT2D eigenvalue weighted by Crippen LogP contribution is -2.40. The summed E-state index contributed by atoms with van der Waals surface area (Å²) in [5, 5.41) is 4.71. The van der Waals surface area contributed by atoms with Crippen LogP contribution in [0.25, 0.3) is 0 Å². The van der Waals surface area contributed by atoms with Gasteiger partial charge >= 0.3 is 0 Å². The van der Waals surface area contributed by atoms with E-state index in [0.717, 1.165) is 12.1 Å². The molecule has 11 heteroatoms. The summed E-state index contributed by atoms with van der Waals surface area (Å²) in [4.78, 5) is 24.3. The Balaban J connectivity index is 1.98. The molecule has 1 atom stereocenters. The molecule has 2 aromatic rings. The fourth-order valence-electron chi connectivity index (χ4n) is 2.63. The summed E-state index contributed by atoms with van der Waals surface area (Å²) in [6.45, 7) is 2.01. The number of ether oxygens (including phenoxy) is 1. The zero-order valence-electron chi connectivity index (χ0n) is 16.9. The van der Waals surface area contributed by atoms with Crippen LogP contribution in [0.1, 0.15) is 24.9 Å². The highest BCUT2D eigenvalue weighted by Crippen LogP contribution is 2.18. The summed E-state index contributed by atoms with van der Waals surface area (Å²) in [5.41, 5.74) is 0.0431. The highest BCUT2D eigenvalue weighted by molar-refractivity contribution is 7.89. The van der Waals surface area contributed by atoms with Crippen LogP contribution < -0.4 is 20.1 Å². The average Bonchev–Trinajstić information content (AvgIpc) is 2.74. The average molecular weight is 455 g/mol. The fourth-order valence-corrected chi connectivity index (χ4v) is 3.67. The summed E-state index contributed by atoms with van der Waals surface area (Å²) in [6.07, 6.45) is -0.284. The molecule has 0 aliphatic carbocycles. The van der Waals surface area contributed by atoms with E-state index in [1.807, 2.05) is 0 Å².